The van der Waals surface area contributed by atoms with Crippen molar-refractivity contribution in [3.05, 3.63) is 58.9 Å². The van der Waals surface area contributed by atoms with Gasteiger partial charge in [-0.15, -0.1) is 0 Å². The molecule has 7 aliphatic rings. The molecule has 0 aromatic heterocycles. The summed E-state index contributed by atoms with van der Waals surface area (Å²) in [6.45, 7) is 18.5. The minimum atomic E-state index is -2.05. The quantitative estimate of drug-likeness (QED) is 0.315. The summed E-state index contributed by atoms with van der Waals surface area (Å²) in [5, 5.41) is 24.0. The predicted octanol–water partition coefficient (Wildman–Crippen LogP) is 4.44. The van der Waals surface area contributed by atoms with E-state index in [0.29, 0.717) is 53.5 Å². The molecule has 0 spiro atoms. The average Bonchev–Trinajstić information content (AvgIpc) is 3.83. The van der Waals surface area contributed by atoms with Gasteiger partial charge in [-0.3, -0.25) is 14.4 Å². The van der Waals surface area contributed by atoms with Gasteiger partial charge in [0.15, 0.2) is 5.60 Å². The standard InChI is InChI=1S/C40H48O10/c1-17(2)22-11-9-20-13-26(48-36(20)46)38(6)15-24(38)32(43)28-19(5)34(30(22)41)50-40(8)29(28)33(44)25-16-39(25,7)27-14-21(37(47)49-27)10-12-23(18(3)4)31(42)35(40)45/h13-14,22-31,41-42H,1,3,9-12,15-16H2,2,4-8H3/t22-,23-,24-,25-,26+,27-,28-,29-,30+,31+,38+,39+,40-/m0/s1. The van der Waals surface area contributed by atoms with Crippen LogP contribution in [0.1, 0.15) is 80.1 Å². The van der Waals surface area contributed by atoms with Crippen molar-refractivity contribution >= 4 is 29.3 Å². The fourth-order valence-electron chi connectivity index (χ4n) is 9.68. The van der Waals surface area contributed by atoms with Crippen LogP contribution in [0.15, 0.2) is 58.9 Å². The normalized spacial score (nSPS) is 45.6. The van der Waals surface area contributed by atoms with Crippen LogP contribution in [0.5, 0.6) is 0 Å². The third-order valence-electron chi connectivity index (χ3n) is 13.5. The fraction of sp³-hybridized carbons (Fsp3) is 0.625. The zero-order valence-electron chi connectivity index (χ0n) is 29.7. The average molecular weight is 689 g/mol. The Morgan fingerprint density at radius 3 is 1.70 bits per heavy atom. The van der Waals surface area contributed by atoms with E-state index in [4.69, 9.17) is 14.2 Å². The van der Waals surface area contributed by atoms with E-state index in [1.165, 1.54) is 6.92 Å². The summed E-state index contributed by atoms with van der Waals surface area (Å²) < 4.78 is 18.3. The topological polar surface area (TPSA) is 154 Å². The van der Waals surface area contributed by atoms with Gasteiger partial charge in [-0.25, -0.2) is 9.59 Å². The first-order chi connectivity index (χ1) is 23.3. The lowest BCUT2D eigenvalue weighted by Crippen LogP contribution is -2.61. The Balaban J connectivity index is 1.41. The molecule has 0 aromatic rings. The Kier molecular flexibility index (Phi) is 7.96. The highest BCUT2D eigenvalue weighted by Gasteiger charge is 2.70. The van der Waals surface area contributed by atoms with Crippen molar-refractivity contribution in [3.63, 3.8) is 0 Å². The van der Waals surface area contributed by atoms with E-state index in [2.05, 4.69) is 13.2 Å². The molecule has 3 aliphatic heterocycles. The van der Waals surface area contributed by atoms with Crippen LogP contribution in [-0.4, -0.2) is 69.5 Å². The lowest BCUT2D eigenvalue weighted by Gasteiger charge is -2.48. The number of ether oxygens (including phenoxy) is 3. The molecule has 0 amide bonds. The molecular formula is C40H48O10. The largest absolute Gasteiger partial charge is 0.480 e. The van der Waals surface area contributed by atoms with Gasteiger partial charge in [0.1, 0.15) is 41.7 Å². The molecule has 3 heterocycles. The molecule has 7 rings (SSSR count). The van der Waals surface area contributed by atoms with Gasteiger partial charge in [0.05, 0.1) is 11.8 Å². The highest BCUT2D eigenvalue weighted by Crippen LogP contribution is 2.64. The smallest absolute Gasteiger partial charge is 0.334 e. The zero-order chi connectivity index (χ0) is 36.4. The van der Waals surface area contributed by atoms with Crippen molar-refractivity contribution in [1.29, 1.82) is 0 Å². The number of fused-ring (bicyclic) bond motifs is 9. The van der Waals surface area contributed by atoms with E-state index in [9.17, 15) is 24.6 Å². The van der Waals surface area contributed by atoms with Crippen molar-refractivity contribution in [1.82, 2.24) is 0 Å². The van der Waals surface area contributed by atoms with Crippen LogP contribution in [0.4, 0.5) is 0 Å². The molecule has 2 N–H and O–H groups in total. The molecule has 2 saturated carbocycles. The lowest BCUT2D eigenvalue weighted by atomic mass is 9.63. The number of hydrogen-bond donors (Lipinski definition) is 2. The molecule has 0 aromatic carbocycles. The number of allylic oxidation sites excluding steroid dienone is 1. The maximum Gasteiger partial charge on any atom is 0.334 e. The molecule has 4 aliphatic carbocycles. The summed E-state index contributed by atoms with van der Waals surface area (Å²) in [6, 6.07) is 0. The van der Waals surface area contributed by atoms with Crippen LogP contribution in [0.2, 0.25) is 0 Å². The Morgan fingerprint density at radius 1 is 0.760 bits per heavy atom. The second-order valence-corrected chi connectivity index (χ2v) is 16.8. The van der Waals surface area contributed by atoms with Crippen molar-refractivity contribution in [2.24, 2.45) is 46.3 Å². The van der Waals surface area contributed by atoms with Gasteiger partial charge >= 0.3 is 11.9 Å². The minimum Gasteiger partial charge on any atom is -0.480 e. The van der Waals surface area contributed by atoms with Crippen molar-refractivity contribution in [2.75, 3.05) is 0 Å². The first kappa shape index (κ1) is 34.8. The molecule has 10 heteroatoms. The molecule has 0 radical (unpaired) electrons. The third-order valence-corrected chi connectivity index (χ3v) is 13.5. The maximum absolute atomic E-state index is 15.1. The number of aliphatic hydroxyl groups excluding tert-OH is 2. The fourth-order valence-corrected chi connectivity index (χ4v) is 9.68. The number of carbonyl (C=O) groups is 5. The summed E-state index contributed by atoms with van der Waals surface area (Å²) in [5.41, 5.74) is -1.16. The van der Waals surface area contributed by atoms with Crippen molar-refractivity contribution in [3.8, 4) is 0 Å². The van der Waals surface area contributed by atoms with E-state index in [-0.39, 0.29) is 30.2 Å². The minimum absolute atomic E-state index is 0.0124. The molecule has 13 atom stereocenters. The number of ketones is 3. The molecule has 10 nitrogen and oxygen atoms in total. The third kappa shape index (κ3) is 4.99. The van der Waals surface area contributed by atoms with E-state index < -0.39 is 94.1 Å². The van der Waals surface area contributed by atoms with E-state index in [1.54, 1.807) is 32.9 Å². The van der Waals surface area contributed by atoms with Gasteiger partial charge in [0, 0.05) is 45.6 Å². The SMILES string of the molecule is C=C(C)[C@@H]1CCC2=C[C@H](OC2=O)[C@]2(C)C[C@H]2C(=O)[C@@H]2[C@H]3C(=O)[C@@H]4C[C@@]4(C)[C@H]4C=C(CC[C@@H](C(=C)C)[C@@H](O)C(=C3C)O[C@]2(C)C(=O)[C@@H]1O)C(=O)O4. The Morgan fingerprint density at radius 2 is 1.22 bits per heavy atom. The van der Waals surface area contributed by atoms with E-state index >= 15 is 9.59 Å². The maximum atomic E-state index is 15.1. The Hall–Kier alpha value is -3.63. The summed E-state index contributed by atoms with van der Waals surface area (Å²) in [6.07, 6.45) is 1.03. The molecule has 50 heavy (non-hydrogen) atoms. The number of hydrogen-bond acceptors (Lipinski definition) is 10. The van der Waals surface area contributed by atoms with Crippen LogP contribution < -0.4 is 0 Å². The Bertz CT molecular complexity index is 1750. The van der Waals surface area contributed by atoms with Crippen LogP contribution in [-0.2, 0) is 38.2 Å². The summed E-state index contributed by atoms with van der Waals surface area (Å²) in [5.74, 6) is -7.64. The number of Topliss-reactive ketones (excluding diaryl/α,β-unsaturated/α-hetero) is 3. The monoisotopic (exact) mass is 688 g/mol. The molecule has 2 fully saturated rings. The molecular weight excluding hydrogens is 640 g/mol. The van der Waals surface area contributed by atoms with Crippen LogP contribution in [0.3, 0.4) is 0 Å². The molecule has 6 bridgehead atoms. The van der Waals surface area contributed by atoms with Crippen LogP contribution in [0.25, 0.3) is 0 Å². The van der Waals surface area contributed by atoms with Gasteiger partial charge in [-0.1, -0.05) is 38.2 Å². The highest BCUT2D eigenvalue weighted by atomic mass is 16.6. The van der Waals surface area contributed by atoms with Gasteiger partial charge < -0.3 is 24.4 Å². The second-order valence-electron chi connectivity index (χ2n) is 16.8. The van der Waals surface area contributed by atoms with Crippen molar-refractivity contribution < 1.29 is 48.4 Å². The Labute approximate surface area is 292 Å². The first-order valence-electron chi connectivity index (χ1n) is 17.9. The summed E-state index contributed by atoms with van der Waals surface area (Å²) in [7, 11) is 0. The van der Waals surface area contributed by atoms with Gasteiger partial charge in [-0.2, -0.15) is 0 Å². The van der Waals surface area contributed by atoms with E-state index in [1.807, 2.05) is 13.8 Å². The van der Waals surface area contributed by atoms with Gasteiger partial charge in [-0.05, 0) is 83.9 Å². The van der Waals surface area contributed by atoms with Gasteiger partial charge in [0.2, 0.25) is 5.78 Å². The number of aliphatic hydroxyl groups is 2. The summed E-state index contributed by atoms with van der Waals surface area (Å²) in [4.78, 5) is 70.9. The molecule has 0 unspecified atom stereocenters. The van der Waals surface area contributed by atoms with Crippen LogP contribution in [0, 0.1) is 46.3 Å². The predicted molar refractivity (Wildman–Crippen MR) is 180 cm³/mol. The van der Waals surface area contributed by atoms with Gasteiger partial charge in [0.25, 0.3) is 0 Å². The number of esters is 2. The van der Waals surface area contributed by atoms with Crippen molar-refractivity contribution in [2.45, 2.75) is 110 Å². The zero-order valence-corrected chi connectivity index (χ0v) is 29.7. The summed E-state index contributed by atoms with van der Waals surface area (Å²) >= 11 is 0. The highest BCUT2D eigenvalue weighted by molar-refractivity contribution is 6.04. The number of rotatable bonds is 2. The first-order valence-corrected chi connectivity index (χ1v) is 17.9. The molecule has 0 saturated heterocycles. The number of carbonyl (C=O) groups excluding carboxylic acids is 5. The lowest BCUT2D eigenvalue weighted by molar-refractivity contribution is -0.172. The molecule has 268 valence electrons. The van der Waals surface area contributed by atoms with E-state index in [0.717, 1.165) is 0 Å². The van der Waals surface area contributed by atoms with Crippen LogP contribution >= 0.6 is 0 Å². The second kappa shape index (κ2) is 11.4.